The lowest BCUT2D eigenvalue weighted by molar-refractivity contribution is -0.134. The maximum absolute atomic E-state index is 12.6. The van der Waals surface area contributed by atoms with Gasteiger partial charge in [-0.3, -0.25) is 0 Å². The summed E-state index contributed by atoms with van der Waals surface area (Å²) in [4.78, 5) is 10.1. The maximum Gasteiger partial charge on any atom is 0.364 e. The largest absolute Gasteiger partial charge is 0.476 e. The Morgan fingerprint density at radius 1 is 1.54 bits per heavy atom. The molecular formula is C9H6FIO2. The van der Waals surface area contributed by atoms with E-state index in [2.05, 4.69) is 22.6 Å². The second-order valence-corrected chi connectivity index (χ2v) is 3.60. The molecule has 0 radical (unpaired) electrons. The number of aliphatic carboxylic acids is 1. The molecule has 0 saturated carbocycles. The summed E-state index contributed by atoms with van der Waals surface area (Å²) in [6, 6.07) is 6.92. The van der Waals surface area contributed by atoms with E-state index < -0.39 is 11.8 Å². The topological polar surface area (TPSA) is 37.3 Å². The predicted molar refractivity (Wildman–Crippen MR) is 55.9 cm³/mol. The average molecular weight is 292 g/mol. The monoisotopic (exact) mass is 292 g/mol. The van der Waals surface area contributed by atoms with E-state index in [4.69, 9.17) is 5.11 Å². The van der Waals surface area contributed by atoms with Crippen molar-refractivity contribution < 1.29 is 14.3 Å². The fourth-order valence-electron chi connectivity index (χ4n) is 0.804. The van der Waals surface area contributed by atoms with Crippen LogP contribution in [-0.2, 0) is 4.79 Å². The van der Waals surface area contributed by atoms with Gasteiger partial charge >= 0.3 is 5.97 Å². The molecule has 0 bridgehead atoms. The van der Waals surface area contributed by atoms with Crippen LogP contribution in [0.1, 0.15) is 5.56 Å². The van der Waals surface area contributed by atoms with Gasteiger partial charge in [-0.1, -0.05) is 12.1 Å². The lowest BCUT2D eigenvalue weighted by atomic mass is 10.2. The van der Waals surface area contributed by atoms with E-state index in [0.717, 1.165) is 9.65 Å². The molecule has 0 heterocycles. The summed E-state index contributed by atoms with van der Waals surface area (Å²) in [5, 5.41) is 8.27. The van der Waals surface area contributed by atoms with E-state index >= 15 is 0 Å². The van der Waals surface area contributed by atoms with Crippen molar-refractivity contribution in [3.63, 3.8) is 0 Å². The smallest absolute Gasteiger partial charge is 0.364 e. The van der Waals surface area contributed by atoms with Crippen molar-refractivity contribution in [2.75, 3.05) is 0 Å². The fourth-order valence-corrected chi connectivity index (χ4v) is 1.37. The Morgan fingerprint density at radius 2 is 2.23 bits per heavy atom. The first-order valence-electron chi connectivity index (χ1n) is 3.45. The number of benzene rings is 1. The van der Waals surface area contributed by atoms with Crippen LogP contribution < -0.4 is 0 Å². The number of hydrogen-bond acceptors (Lipinski definition) is 1. The van der Waals surface area contributed by atoms with Crippen molar-refractivity contribution in [3.05, 3.63) is 39.2 Å². The molecule has 13 heavy (non-hydrogen) atoms. The third-order valence-corrected chi connectivity index (χ3v) is 2.02. The Kier molecular flexibility index (Phi) is 3.41. The van der Waals surface area contributed by atoms with Gasteiger partial charge in [0.2, 0.25) is 5.83 Å². The van der Waals surface area contributed by atoms with E-state index in [1.165, 1.54) is 0 Å². The lowest BCUT2D eigenvalue weighted by Crippen LogP contribution is -1.93. The highest BCUT2D eigenvalue weighted by Gasteiger charge is 2.04. The third-order valence-electron chi connectivity index (χ3n) is 1.35. The van der Waals surface area contributed by atoms with Gasteiger partial charge in [-0.25, -0.2) is 4.79 Å². The minimum Gasteiger partial charge on any atom is -0.476 e. The standard InChI is InChI=1S/C9H6FIO2/c10-8(9(12)13)5-6-2-1-3-7(11)4-6/h1-5H,(H,12,13)/b8-5-. The van der Waals surface area contributed by atoms with Gasteiger partial charge in [0.1, 0.15) is 0 Å². The molecule has 1 aromatic carbocycles. The molecule has 1 N–H and O–H groups in total. The summed E-state index contributed by atoms with van der Waals surface area (Å²) >= 11 is 2.07. The van der Waals surface area contributed by atoms with Gasteiger partial charge in [-0.2, -0.15) is 4.39 Å². The second kappa shape index (κ2) is 4.36. The minimum atomic E-state index is -1.54. The van der Waals surface area contributed by atoms with E-state index in [-0.39, 0.29) is 0 Å². The molecule has 0 fully saturated rings. The molecule has 0 atom stereocenters. The van der Waals surface area contributed by atoms with Crippen LogP contribution in [0.25, 0.3) is 6.08 Å². The van der Waals surface area contributed by atoms with Gasteiger partial charge in [0.25, 0.3) is 0 Å². The van der Waals surface area contributed by atoms with E-state index in [1.807, 2.05) is 6.07 Å². The summed E-state index contributed by atoms with van der Waals surface area (Å²) in [6.45, 7) is 0. The van der Waals surface area contributed by atoms with Gasteiger partial charge in [0.15, 0.2) is 0 Å². The molecule has 0 aliphatic carbocycles. The molecular weight excluding hydrogens is 286 g/mol. The summed E-state index contributed by atoms with van der Waals surface area (Å²) in [6.07, 6.45) is 0.991. The van der Waals surface area contributed by atoms with Crippen LogP contribution >= 0.6 is 22.6 Å². The summed E-state index contributed by atoms with van der Waals surface area (Å²) in [7, 11) is 0. The van der Waals surface area contributed by atoms with Gasteiger partial charge in [-0.05, 0) is 46.4 Å². The Bertz CT molecular complexity index is 360. The normalized spacial score (nSPS) is 11.4. The SMILES string of the molecule is O=C(O)/C(F)=C/c1cccc(I)c1. The molecule has 1 aromatic rings. The number of halogens is 2. The van der Waals surface area contributed by atoms with Crippen LogP contribution in [0.4, 0.5) is 4.39 Å². The second-order valence-electron chi connectivity index (χ2n) is 2.35. The van der Waals surface area contributed by atoms with Crippen LogP contribution in [0.2, 0.25) is 0 Å². The van der Waals surface area contributed by atoms with E-state index in [1.54, 1.807) is 18.2 Å². The first-order valence-corrected chi connectivity index (χ1v) is 4.53. The highest BCUT2D eigenvalue weighted by molar-refractivity contribution is 14.1. The van der Waals surface area contributed by atoms with Crippen molar-refractivity contribution in [3.8, 4) is 0 Å². The summed E-state index contributed by atoms with van der Waals surface area (Å²) in [5.41, 5.74) is 0.548. The first kappa shape index (κ1) is 10.2. The van der Waals surface area contributed by atoms with Crippen molar-refractivity contribution >= 4 is 34.6 Å². The molecule has 0 aromatic heterocycles. The molecule has 0 saturated heterocycles. The van der Waals surface area contributed by atoms with Crippen molar-refractivity contribution in [1.82, 2.24) is 0 Å². The number of carbonyl (C=O) groups is 1. The van der Waals surface area contributed by atoms with Gasteiger partial charge in [0.05, 0.1) is 0 Å². The van der Waals surface area contributed by atoms with Crippen LogP contribution in [0, 0.1) is 3.57 Å². The quantitative estimate of drug-likeness (QED) is 0.672. The molecule has 0 aliphatic heterocycles. The number of carboxylic acid groups (broad SMARTS) is 1. The van der Waals surface area contributed by atoms with Gasteiger partial charge in [-0.15, -0.1) is 0 Å². The zero-order valence-corrected chi connectivity index (χ0v) is 8.66. The molecule has 1 rings (SSSR count). The Hall–Kier alpha value is -0.910. The minimum absolute atomic E-state index is 0.548. The molecule has 4 heteroatoms. The number of rotatable bonds is 2. The molecule has 0 aliphatic rings. The molecule has 0 amide bonds. The Morgan fingerprint density at radius 3 is 2.77 bits per heavy atom. The molecule has 0 spiro atoms. The highest BCUT2D eigenvalue weighted by atomic mass is 127. The lowest BCUT2D eigenvalue weighted by Gasteiger charge is -1.94. The highest BCUT2D eigenvalue weighted by Crippen LogP contribution is 2.12. The summed E-state index contributed by atoms with van der Waals surface area (Å²) < 4.78 is 13.5. The van der Waals surface area contributed by atoms with E-state index in [9.17, 15) is 9.18 Å². The fraction of sp³-hybridized carbons (Fsp3) is 0. The zero-order valence-electron chi connectivity index (χ0n) is 6.50. The average Bonchev–Trinajstić information content (AvgIpc) is 2.04. The third kappa shape index (κ3) is 3.14. The van der Waals surface area contributed by atoms with Crippen LogP contribution in [0.15, 0.2) is 30.1 Å². The van der Waals surface area contributed by atoms with Crippen molar-refractivity contribution in [2.45, 2.75) is 0 Å². The zero-order chi connectivity index (χ0) is 9.84. The Labute approximate surface area is 88.2 Å². The van der Waals surface area contributed by atoms with E-state index in [0.29, 0.717) is 5.56 Å². The van der Waals surface area contributed by atoms with Crippen LogP contribution in [0.3, 0.4) is 0 Å². The van der Waals surface area contributed by atoms with Gasteiger partial charge < -0.3 is 5.11 Å². The molecule has 2 nitrogen and oxygen atoms in total. The van der Waals surface area contributed by atoms with Crippen molar-refractivity contribution in [2.24, 2.45) is 0 Å². The first-order chi connectivity index (χ1) is 6.09. The number of hydrogen-bond donors (Lipinski definition) is 1. The van der Waals surface area contributed by atoms with Crippen LogP contribution in [0.5, 0.6) is 0 Å². The number of carboxylic acids is 1. The summed E-state index contributed by atoms with van der Waals surface area (Å²) in [5.74, 6) is -2.69. The van der Waals surface area contributed by atoms with Crippen LogP contribution in [-0.4, -0.2) is 11.1 Å². The Balaban J connectivity index is 2.97. The maximum atomic E-state index is 12.6. The predicted octanol–water partition coefficient (Wildman–Crippen LogP) is 2.69. The van der Waals surface area contributed by atoms with Crippen molar-refractivity contribution in [1.29, 1.82) is 0 Å². The molecule has 0 unspecified atom stereocenters. The molecule has 68 valence electrons. The van der Waals surface area contributed by atoms with Gasteiger partial charge in [0, 0.05) is 3.57 Å².